The summed E-state index contributed by atoms with van der Waals surface area (Å²) < 4.78 is 13.1. The zero-order valence-corrected chi connectivity index (χ0v) is 16.8. The normalized spacial score (nSPS) is 14.6. The maximum Gasteiger partial charge on any atom is 0.242 e. The van der Waals surface area contributed by atoms with Gasteiger partial charge in [0, 0.05) is 45.0 Å². The van der Waals surface area contributed by atoms with Gasteiger partial charge in [-0.25, -0.2) is 9.38 Å². The molecule has 1 saturated heterocycles. The standard InChI is InChI=1S/C22H28FN5O/c1-2-24-22(26-17-21(29)25-16-18-6-4-3-5-7-18)28-14-12-27(13-15-28)20-10-8-19(23)9-11-20/h3-11H,2,12-17H2,1H3,(H,24,26)(H,25,29). The Kier molecular flexibility index (Phi) is 7.44. The summed E-state index contributed by atoms with van der Waals surface area (Å²) in [5.41, 5.74) is 2.09. The van der Waals surface area contributed by atoms with Gasteiger partial charge in [0.05, 0.1) is 0 Å². The second-order valence-corrected chi connectivity index (χ2v) is 6.88. The molecule has 7 heteroatoms. The van der Waals surface area contributed by atoms with Gasteiger partial charge >= 0.3 is 0 Å². The molecule has 1 amide bonds. The van der Waals surface area contributed by atoms with Gasteiger partial charge in [-0.05, 0) is 36.8 Å². The number of carbonyl (C=O) groups excluding carboxylic acids is 1. The number of rotatable bonds is 6. The van der Waals surface area contributed by atoms with Gasteiger partial charge in [-0.15, -0.1) is 0 Å². The smallest absolute Gasteiger partial charge is 0.242 e. The molecule has 0 aliphatic carbocycles. The van der Waals surface area contributed by atoms with Crippen LogP contribution in [0.15, 0.2) is 59.6 Å². The van der Waals surface area contributed by atoms with E-state index in [-0.39, 0.29) is 18.3 Å². The van der Waals surface area contributed by atoms with Crippen LogP contribution in [0.1, 0.15) is 12.5 Å². The van der Waals surface area contributed by atoms with Gasteiger partial charge in [-0.2, -0.15) is 0 Å². The van der Waals surface area contributed by atoms with Gasteiger partial charge in [0.2, 0.25) is 5.91 Å². The number of aliphatic imine (C=N–C) groups is 1. The van der Waals surface area contributed by atoms with Crippen molar-refractivity contribution < 1.29 is 9.18 Å². The Labute approximate surface area is 171 Å². The topological polar surface area (TPSA) is 60.0 Å². The highest BCUT2D eigenvalue weighted by atomic mass is 19.1. The van der Waals surface area contributed by atoms with E-state index in [0.717, 1.165) is 49.9 Å². The number of halogens is 1. The molecule has 6 nitrogen and oxygen atoms in total. The second-order valence-electron chi connectivity index (χ2n) is 6.88. The fourth-order valence-corrected chi connectivity index (χ4v) is 3.25. The molecule has 0 atom stereocenters. The molecule has 0 saturated carbocycles. The van der Waals surface area contributed by atoms with Gasteiger partial charge in [0.25, 0.3) is 0 Å². The maximum atomic E-state index is 13.1. The highest BCUT2D eigenvalue weighted by Crippen LogP contribution is 2.16. The second kappa shape index (κ2) is 10.5. The molecule has 0 bridgehead atoms. The lowest BCUT2D eigenvalue weighted by atomic mass is 10.2. The van der Waals surface area contributed by atoms with E-state index in [2.05, 4.69) is 25.4 Å². The van der Waals surface area contributed by atoms with Gasteiger partial charge in [0.1, 0.15) is 12.4 Å². The predicted octanol–water partition coefficient (Wildman–Crippen LogP) is 2.23. The molecule has 2 aromatic rings. The molecule has 1 heterocycles. The molecule has 0 aromatic heterocycles. The fourth-order valence-electron chi connectivity index (χ4n) is 3.25. The molecule has 2 N–H and O–H groups in total. The van der Waals surface area contributed by atoms with Crippen LogP contribution in [0.25, 0.3) is 0 Å². The predicted molar refractivity (Wildman–Crippen MR) is 114 cm³/mol. The average Bonchev–Trinajstić information content (AvgIpc) is 2.76. The Hall–Kier alpha value is -3.09. The van der Waals surface area contributed by atoms with E-state index in [0.29, 0.717) is 6.54 Å². The summed E-state index contributed by atoms with van der Waals surface area (Å²) in [6, 6.07) is 16.4. The minimum Gasteiger partial charge on any atom is -0.368 e. The first kappa shape index (κ1) is 20.6. The van der Waals surface area contributed by atoms with E-state index in [9.17, 15) is 9.18 Å². The number of carbonyl (C=O) groups is 1. The van der Waals surface area contributed by atoms with Crippen LogP contribution >= 0.6 is 0 Å². The average molecular weight is 397 g/mol. The van der Waals surface area contributed by atoms with Crippen molar-refractivity contribution in [2.75, 3.05) is 44.2 Å². The van der Waals surface area contributed by atoms with Crippen molar-refractivity contribution in [3.63, 3.8) is 0 Å². The van der Waals surface area contributed by atoms with Crippen molar-refractivity contribution in [1.82, 2.24) is 15.5 Å². The van der Waals surface area contributed by atoms with Crippen LogP contribution in [0.5, 0.6) is 0 Å². The Bertz CT molecular complexity index is 802. The summed E-state index contributed by atoms with van der Waals surface area (Å²) in [4.78, 5) is 21.1. The quantitative estimate of drug-likeness (QED) is 0.580. The molecule has 1 aliphatic heterocycles. The monoisotopic (exact) mass is 397 g/mol. The first-order valence-corrected chi connectivity index (χ1v) is 10.00. The fraction of sp³-hybridized carbons (Fsp3) is 0.364. The molecule has 0 spiro atoms. The molecule has 29 heavy (non-hydrogen) atoms. The number of nitrogens with zero attached hydrogens (tertiary/aromatic N) is 3. The van der Waals surface area contributed by atoms with Crippen molar-refractivity contribution in [3.05, 3.63) is 66.0 Å². The Morgan fingerprint density at radius 1 is 1.00 bits per heavy atom. The minimum absolute atomic E-state index is 0.0906. The molecule has 1 aliphatic rings. The lowest BCUT2D eigenvalue weighted by molar-refractivity contribution is -0.119. The van der Waals surface area contributed by atoms with Crippen molar-refractivity contribution in [1.29, 1.82) is 0 Å². The Balaban J connectivity index is 1.51. The SMILES string of the molecule is CCNC(=NCC(=O)NCc1ccccc1)N1CCN(c2ccc(F)cc2)CC1. The van der Waals surface area contributed by atoms with Gasteiger partial charge < -0.3 is 20.4 Å². The summed E-state index contributed by atoms with van der Waals surface area (Å²) in [6.45, 7) is 6.55. The van der Waals surface area contributed by atoms with Gasteiger partial charge in [-0.1, -0.05) is 30.3 Å². The maximum absolute atomic E-state index is 13.1. The van der Waals surface area contributed by atoms with E-state index in [1.807, 2.05) is 37.3 Å². The van der Waals surface area contributed by atoms with E-state index < -0.39 is 0 Å². The third-order valence-electron chi connectivity index (χ3n) is 4.81. The van der Waals surface area contributed by atoms with E-state index in [1.165, 1.54) is 12.1 Å². The van der Waals surface area contributed by atoms with Crippen molar-refractivity contribution in [2.45, 2.75) is 13.5 Å². The van der Waals surface area contributed by atoms with E-state index >= 15 is 0 Å². The summed E-state index contributed by atoms with van der Waals surface area (Å²) in [6.07, 6.45) is 0. The number of anilines is 1. The molecular weight excluding hydrogens is 369 g/mol. The molecule has 154 valence electrons. The van der Waals surface area contributed by atoms with Crippen LogP contribution in [-0.4, -0.2) is 56.0 Å². The van der Waals surface area contributed by atoms with Crippen LogP contribution in [0.3, 0.4) is 0 Å². The number of hydrogen-bond donors (Lipinski definition) is 2. The van der Waals surface area contributed by atoms with Crippen LogP contribution in [0.4, 0.5) is 10.1 Å². The summed E-state index contributed by atoms with van der Waals surface area (Å²) in [5.74, 6) is 0.426. The van der Waals surface area contributed by atoms with Crippen LogP contribution in [0.2, 0.25) is 0 Å². The number of nitrogens with one attached hydrogen (secondary N) is 2. The summed E-state index contributed by atoms with van der Waals surface area (Å²) >= 11 is 0. The number of guanidine groups is 1. The first-order chi connectivity index (χ1) is 14.2. The first-order valence-electron chi connectivity index (χ1n) is 10.00. The number of hydrogen-bond acceptors (Lipinski definition) is 3. The summed E-state index contributed by atoms with van der Waals surface area (Å²) in [5, 5.41) is 6.17. The highest BCUT2D eigenvalue weighted by molar-refractivity contribution is 5.85. The van der Waals surface area contributed by atoms with Crippen LogP contribution in [-0.2, 0) is 11.3 Å². The highest BCUT2D eigenvalue weighted by Gasteiger charge is 2.20. The molecule has 0 unspecified atom stereocenters. The molecule has 2 aromatic carbocycles. The van der Waals surface area contributed by atoms with Gasteiger partial charge in [-0.3, -0.25) is 4.79 Å². The van der Waals surface area contributed by atoms with Crippen molar-refractivity contribution in [3.8, 4) is 0 Å². The van der Waals surface area contributed by atoms with Crippen LogP contribution < -0.4 is 15.5 Å². The summed E-state index contributed by atoms with van der Waals surface area (Å²) in [7, 11) is 0. The number of piperazine rings is 1. The molecular formula is C22H28FN5O. The minimum atomic E-state index is -0.223. The molecule has 1 fully saturated rings. The van der Waals surface area contributed by atoms with Crippen molar-refractivity contribution in [2.24, 2.45) is 4.99 Å². The third-order valence-corrected chi connectivity index (χ3v) is 4.81. The third kappa shape index (κ3) is 6.20. The Morgan fingerprint density at radius 2 is 1.69 bits per heavy atom. The Morgan fingerprint density at radius 3 is 2.34 bits per heavy atom. The zero-order valence-electron chi connectivity index (χ0n) is 16.8. The lowest BCUT2D eigenvalue weighted by Gasteiger charge is -2.37. The van der Waals surface area contributed by atoms with Crippen LogP contribution in [0, 0.1) is 5.82 Å². The van der Waals surface area contributed by atoms with Gasteiger partial charge in [0.15, 0.2) is 5.96 Å². The zero-order chi connectivity index (χ0) is 20.5. The number of amides is 1. The lowest BCUT2D eigenvalue weighted by Crippen LogP contribution is -2.52. The molecule has 3 rings (SSSR count). The number of benzene rings is 2. The van der Waals surface area contributed by atoms with Crippen molar-refractivity contribution >= 4 is 17.6 Å². The van der Waals surface area contributed by atoms with E-state index in [4.69, 9.17) is 0 Å². The molecule has 0 radical (unpaired) electrons. The largest absolute Gasteiger partial charge is 0.368 e. The van der Waals surface area contributed by atoms with E-state index in [1.54, 1.807) is 12.1 Å².